The molecular formula is C14H17N3O2. The van der Waals surface area contributed by atoms with Gasteiger partial charge in [0.2, 0.25) is 0 Å². The molecule has 5 nitrogen and oxygen atoms in total. The van der Waals surface area contributed by atoms with Gasteiger partial charge in [0.05, 0.1) is 0 Å². The van der Waals surface area contributed by atoms with Crippen molar-refractivity contribution >= 4 is 11.6 Å². The fourth-order valence-corrected chi connectivity index (χ4v) is 1.85. The summed E-state index contributed by atoms with van der Waals surface area (Å²) in [7, 11) is 0. The third kappa shape index (κ3) is 2.99. The standard InChI is InChI=1S/C14H17N3O2/c1-2-3-5-8-15-13(18)11-10-16-12-7-4-6-9-17(12)14(11)19/h4,6-7,9-10H,2-3,5,8H2,1H3,(H,15,18). The van der Waals surface area contributed by atoms with E-state index >= 15 is 0 Å². The Hall–Kier alpha value is -2.17. The maximum Gasteiger partial charge on any atom is 0.270 e. The van der Waals surface area contributed by atoms with E-state index in [1.807, 2.05) is 0 Å². The Balaban J connectivity index is 2.18. The predicted octanol–water partition coefficient (Wildman–Crippen LogP) is 1.61. The molecule has 0 aliphatic heterocycles. The Morgan fingerprint density at radius 2 is 2.21 bits per heavy atom. The van der Waals surface area contributed by atoms with Crippen molar-refractivity contribution in [2.24, 2.45) is 0 Å². The van der Waals surface area contributed by atoms with Crippen LogP contribution in [-0.2, 0) is 0 Å². The van der Waals surface area contributed by atoms with E-state index in [-0.39, 0.29) is 17.0 Å². The summed E-state index contributed by atoms with van der Waals surface area (Å²) in [5.74, 6) is -0.355. The maximum absolute atomic E-state index is 12.1. The molecule has 100 valence electrons. The zero-order valence-corrected chi connectivity index (χ0v) is 10.9. The Bertz CT molecular complexity index is 634. The number of carbonyl (C=O) groups is 1. The number of aromatic nitrogens is 2. The number of carbonyl (C=O) groups excluding carboxylic acids is 1. The minimum Gasteiger partial charge on any atom is -0.352 e. The molecule has 0 saturated heterocycles. The average Bonchev–Trinajstić information content (AvgIpc) is 2.44. The van der Waals surface area contributed by atoms with Gasteiger partial charge in [0.1, 0.15) is 11.2 Å². The molecule has 0 bridgehead atoms. The van der Waals surface area contributed by atoms with Gasteiger partial charge in [-0.05, 0) is 18.6 Å². The molecule has 2 rings (SSSR count). The highest BCUT2D eigenvalue weighted by molar-refractivity contribution is 5.93. The SMILES string of the molecule is CCCCCNC(=O)c1cnc2ccccn2c1=O. The van der Waals surface area contributed by atoms with E-state index in [0.717, 1.165) is 19.3 Å². The molecular weight excluding hydrogens is 242 g/mol. The quantitative estimate of drug-likeness (QED) is 0.830. The lowest BCUT2D eigenvalue weighted by molar-refractivity contribution is 0.0951. The van der Waals surface area contributed by atoms with E-state index in [4.69, 9.17) is 0 Å². The van der Waals surface area contributed by atoms with Crippen molar-refractivity contribution in [1.82, 2.24) is 14.7 Å². The lowest BCUT2D eigenvalue weighted by Crippen LogP contribution is -2.32. The molecule has 0 aliphatic carbocycles. The number of unbranched alkanes of at least 4 members (excludes halogenated alkanes) is 2. The first kappa shape index (κ1) is 13.3. The van der Waals surface area contributed by atoms with E-state index < -0.39 is 0 Å². The Labute approximate surface area is 111 Å². The van der Waals surface area contributed by atoms with Crippen LogP contribution in [0.2, 0.25) is 0 Å². The van der Waals surface area contributed by atoms with Gasteiger partial charge in [-0.25, -0.2) is 4.98 Å². The van der Waals surface area contributed by atoms with Crippen molar-refractivity contribution in [3.63, 3.8) is 0 Å². The van der Waals surface area contributed by atoms with Gasteiger partial charge >= 0.3 is 0 Å². The highest BCUT2D eigenvalue weighted by Gasteiger charge is 2.12. The van der Waals surface area contributed by atoms with Crippen molar-refractivity contribution in [2.45, 2.75) is 26.2 Å². The Kier molecular flexibility index (Phi) is 4.28. The molecule has 19 heavy (non-hydrogen) atoms. The molecule has 2 aromatic rings. The summed E-state index contributed by atoms with van der Waals surface area (Å²) >= 11 is 0. The van der Waals surface area contributed by atoms with Crippen molar-refractivity contribution in [3.05, 3.63) is 46.5 Å². The second-order valence-corrected chi connectivity index (χ2v) is 4.37. The lowest BCUT2D eigenvalue weighted by Gasteiger charge is -2.05. The molecule has 5 heteroatoms. The summed E-state index contributed by atoms with van der Waals surface area (Å²) in [6, 6.07) is 5.26. The first-order valence-corrected chi connectivity index (χ1v) is 6.48. The van der Waals surface area contributed by atoms with Gasteiger partial charge in [-0.15, -0.1) is 0 Å². The van der Waals surface area contributed by atoms with E-state index in [9.17, 15) is 9.59 Å². The number of nitrogens with zero attached hydrogens (tertiary/aromatic N) is 2. The number of pyridine rings is 1. The number of hydrogen-bond donors (Lipinski definition) is 1. The van der Waals surface area contributed by atoms with Gasteiger partial charge in [-0.1, -0.05) is 25.8 Å². The van der Waals surface area contributed by atoms with Gasteiger partial charge in [0, 0.05) is 18.9 Å². The summed E-state index contributed by atoms with van der Waals surface area (Å²) in [6.45, 7) is 2.69. The van der Waals surface area contributed by atoms with Gasteiger partial charge in [-0.3, -0.25) is 14.0 Å². The number of rotatable bonds is 5. The smallest absolute Gasteiger partial charge is 0.270 e. The van der Waals surface area contributed by atoms with Crippen LogP contribution in [0.4, 0.5) is 0 Å². The molecule has 0 aliphatic rings. The number of amides is 1. The molecule has 0 unspecified atom stereocenters. The minimum absolute atomic E-state index is 0.0835. The third-order valence-corrected chi connectivity index (χ3v) is 2.92. The summed E-state index contributed by atoms with van der Waals surface area (Å²) in [4.78, 5) is 28.1. The third-order valence-electron chi connectivity index (χ3n) is 2.92. The van der Waals surface area contributed by atoms with Crippen LogP contribution in [0.25, 0.3) is 5.65 Å². The highest BCUT2D eigenvalue weighted by Crippen LogP contribution is 1.98. The number of hydrogen-bond acceptors (Lipinski definition) is 3. The molecule has 2 heterocycles. The molecule has 0 aromatic carbocycles. The molecule has 2 aromatic heterocycles. The summed E-state index contributed by atoms with van der Waals surface area (Å²) in [5, 5.41) is 2.75. The van der Waals surface area contributed by atoms with Crippen LogP contribution in [0.15, 0.2) is 35.4 Å². The zero-order valence-electron chi connectivity index (χ0n) is 10.9. The summed E-state index contributed by atoms with van der Waals surface area (Å²) in [5.41, 5.74) is 0.286. The maximum atomic E-state index is 12.1. The second-order valence-electron chi connectivity index (χ2n) is 4.37. The van der Waals surface area contributed by atoms with Crippen molar-refractivity contribution < 1.29 is 4.79 Å². The molecule has 0 atom stereocenters. The van der Waals surface area contributed by atoms with Crippen LogP contribution < -0.4 is 10.9 Å². The molecule has 0 fully saturated rings. The van der Waals surface area contributed by atoms with Gasteiger partial charge in [0.15, 0.2) is 0 Å². The highest BCUT2D eigenvalue weighted by atomic mass is 16.2. The molecule has 0 radical (unpaired) electrons. The number of fused-ring (bicyclic) bond motifs is 1. The van der Waals surface area contributed by atoms with Crippen molar-refractivity contribution in [1.29, 1.82) is 0 Å². The van der Waals surface area contributed by atoms with Gasteiger partial charge in [0.25, 0.3) is 11.5 Å². The topological polar surface area (TPSA) is 63.5 Å². The van der Waals surface area contributed by atoms with Crippen LogP contribution in [0.1, 0.15) is 36.5 Å². The molecule has 1 amide bonds. The van der Waals surface area contributed by atoms with Crippen LogP contribution in [0, 0.1) is 0 Å². The molecule has 0 spiro atoms. The lowest BCUT2D eigenvalue weighted by atomic mass is 10.2. The van der Waals surface area contributed by atoms with E-state index in [0.29, 0.717) is 12.2 Å². The second kappa shape index (κ2) is 6.13. The van der Waals surface area contributed by atoms with E-state index in [1.165, 1.54) is 10.6 Å². The normalized spacial score (nSPS) is 10.6. The fourth-order valence-electron chi connectivity index (χ4n) is 1.85. The first-order chi connectivity index (χ1) is 9.24. The Morgan fingerprint density at radius 1 is 1.37 bits per heavy atom. The van der Waals surface area contributed by atoms with E-state index in [1.54, 1.807) is 24.4 Å². The van der Waals surface area contributed by atoms with Crippen LogP contribution in [0.5, 0.6) is 0 Å². The monoisotopic (exact) mass is 259 g/mol. The molecule has 0 saturated carbocycles. The van der Waals surface area contributed by atoms with Crippen LogP contribution in [0.3, 0.4) is 0 Å². The van der Waals surface area contributed by atoms with Crippen molar-refractivity contribution in [2.75, 3.05) is 6.54 Å². The van der Waals surface area contributed by atoms with Crippen LogP contribution in [-0.4, -0.2) is 21.8 Å². The largest absolute Gasteiger partial charge is 0.352 e. The van der Waals surface area contributed by atoms with Gasteiger partial charge < -0.3 is 5.32 Å². The fraction of sp³-hybridized carbons (Fsp3) is 0.357. The Morgan fingerprint density at radius 3 is 3.00 bits per heavy atom. The summed E-state index contributed by atoms with van der Waals surface area (Å²) < 4.78 is 1.38. The predicted molar refractivity (Wildman–Crippen MR) is 73.3 cm³/mol. The molecule has 1 N–H and O–H groups in total. The van der Waals surface area contributed by atoms with E-state index in [2.05, 4.69) is 17.2 Å². The first-order valence-electron chi connectivity index (χ1n) is 6.48. The zero-order chi connectivity index (χ0) is 13.7. The summed E-state index contributed by atoms with van der Waals surface area (Å²) in [6.07, 6.45) is 6.03. The van der Waals surface area contributed by atoms with Crippen molar-refractivity contribution in [3.8, 4) is 0 Å². The van der Waals surface area contributed by atoms with Gasteiger partial charge in [-0.2, -0.15) is 0 Å². The number of nitrogens with one attached hydrogen (secondary N) is 1. The average molecular weight is 259 g/mol. The minimum atomic E-state index is -0.355. The van der Waals surface area contributed by atoms with Crippen LogP contribution >= 0.6 is 0 Å².